The highest BCUT2D eigenvalue weighted by Crippen LogP contribution is 2.27. The highest BCUT2D eigenvalue weighted by atomic mass is 32.1. The minimum absolute atomic E-state index is 0.352. The molecule has 2 atom stereocenters. The normalized spacial score (nSPS) is 21.1. The van der Waals surface area contributed by atoms with Gasteiger partial charge in [0.15, 0.2) is 0 Å². The maximum atomic E-state index is 9.95. The molecule has 0 bridgehead atoms. The molecule has 3 heteroatoms. The topological polar surface area (TPSA) is 32.3 Å². The maximum Gasteiger partial charge on any atom is 0.0922 e. The molecule has 2 N–H and O–H groups in total. The van der Waals surface area contributed by atoms with Gasteiger partial charge in [0.05, 0.1) is 6.10 Å². The summed E-state index contributed by atoms with van der Waals surface area (Å²) < 4.78 is 0. The quantitative estimate of drug-likeness (QED) is 0.828. The van der Waals surface area contributed by atoms with Gasteiger partial charge in [-0.3, -0.25) is 0 Å². The first-order valence-electron chi connectivity index (χ1n) is 6.21. The van der Waals surface area contributed by atoms with E-state index in [0.29, 0.717) is 12.6 Å². The Morgan fingerprint density at radius 1 is 1.50 bits per heavy atom. The molecule has 1 heterocycles. The SMILES string of the molecule is CC(NCC(O)c1ccsc1)C1CCCC1. The van der Waals surface area contributed by atoms with Crippen molar-refractivity contribution in [1.82, 2.24) is 5.32 Å². The minimum Gasteiger partial charge on any atom is -0.387 e. The summed E-state index contributed by atoms with van der Waals surface area (Å²) in [6, 6.07) is 2.54. The summed E-state index contributed by atoms with van der Waals surface area (Å²) in [6.07, 6.45) is 5.11. The van der Waals surface area contributed by atoms with E-state index in [-0.39, 0.29) is 6.10 Å². The molecule has 16 heavy (non-hydrogen) atoms. The van der Waals surface area contributed by atoms with Crippen LogP contribution in [0.15, 0.2) is 16.8 Å². The molecule has 0 aliphatic heterocycles. The number of hydrogen-bond acceptors (Lipinski definition) is 3. The zero-order chi connectivity index (χ0) is 11.4. The summed E-state index contributed by atoms with van der Waals surface area (Å²) in [5.74, 6) is 0.815. The van der Waals surface area contributed by atoms with Gasteiger partial charge in [-0.2, -0.15) is 11.3 Å². The van der Waals surface area contributed by atoms with E-state index in [9.17, 15) is 5.11 Å². The van der Waals surface area contributed by atoms with Crippen LogP contribution in [0.3, 0.4) is 0 Å². The fourth-order valence-electron chi connectivity index (χ4n) is 2.50. The number of nitrogens with one attached hydrogen (secondary N) is 1. The Bertz CT molecular complexity index is 293. The molecule has 1 fully saturated rings. The molecule has 0 spiro atoms. The first kappa shape index (κ1) is 12.1. The van der Waals surface area contributed by atoms with E-state index in [0.717, 1.165) is 11.5 Å². The molecule has 2 rings (SSSR count). The standard InChI is InChI=1S/C13H21NOS/c1-10(11-4-2-3-5-11)14-8-13(15)12-6-7-16-9-12/h6-7,9-11,13-15H,2-5,8H2,1H3. The molecule has 1 saturated carbocycles. The molecule has 90 valence electrons. The van der Waals surface area contributed by atoms with E-state index in [4.69, 9.17) is 0 Å². The highest BCUT2D eigenvalue weighted by Gasteiger charge is 2.21. The molecule has 0 aromatic carbocycles. The van der Waals surface area contributed by atoms with Crippen LogP contribution in [0.5, 0.6) is 0 Å². The third kappa shape index (κ3) is 3.06. The predicted octanol–water partition coefficient (Wildman–Crippen LogP) is 2.95. The van der Waals surface area contributed by atoms with Crippen LogP contribution in [-0.2, 0) is 0 Å². The monoisotopic (exact) mass is 239 g/mol. The lowest BCUT2D eigenvalue weighted by Crippen LogP contribution is -2.35. The molecule has 1 aliphatic rings. The number of aliphatic hydroxyl groups excluding tert-OH is 1. The molecule has 1 aromatic heterocycles. The van der Waals surface area contributed by atoms with Gasteiger partial charge in [0, 0.05) is 12.6 Å². The molecule has 2 unspecified atom stereocenters. The third-order valence-electron chi connectivity index (χ3n) is 3.67. The van der Waals surface area contributed by atoms with E-state index in [1.807, 2.05) is 16.8 Å². The van der Waals surface area contributed by atoms with Crippen LogP contribution >= 0.6 is 11.3 Å². The second-order valence-electron chi connectivity index (χ2n) is 4.81. The van der Waals surface area contributed by atoms with Gasteiger partial charge in [-0.05, 0) is 48.1 Å². The van der Waals surface area contributed by atoms with Gasteiger partial charge >= 0.3 is 0 Å². The number of rotatable bonds is 5. The van der Waals surface area contributed by atoms with Crippen LogP contribution < -0.4 is 5.32 Å². The first-order valence-corrected chi connectivity index (χ1v) is 7.15. The van der Waals surface area contributed by atoms with Crippen molar-refractivity contribution < 1.29 is 5.11 Å². The lowest BCUT2D eigenvalue weighted by atomic mass is 9.99. The number of aliphatic hydroxyl groups is 1. The van der Waals surface area contributed by atoms with Crippen LogP contribution in [0.25, 0.3) is 0 Å². The Kier molecular flexibility index (Phi) is 4.38. The average Bonchev–Trinajstić information content (AvgIpc) is 2.95. The van der Waals surface area contributed by atoms with Crippen molar-refractivity contribution >= 4 is 11.3 Å². The molecule has 2 nitrogen and oxygen atoms in total. The fraction of sp³-hybridized carbons (Fsp3) is 0.692. The van der Waals surface area contributed by atoms with Crippen LogP contribution in [0.4, 0.5) is 0 Å². The number of hydrogen-bond donors (Lipinski definition) is 2. The maximum absolute atomic E-state index is 9.95. The Hall–Kier alpha value is -0.380. The van der Waals surface area contributed by atoms with Crippen LogP contribution in [0.1, 0.15) is 44.3 Å². The first-order chi connectivity index (χ1) is 7.77. The smallest absolute Gasteiger partial charge is 0.0922 e. The van der Waals surface area contributed by atoms with Crippen molar-refractivity contribution in [3.05, 3.63) is 22.4 Å². The van der Waals surface area contributed by atoms with Gasteiger partial charge in [0.2, 0.25) is 0 Å². The molecule has 1 aromatic rings. The molecular weight excluding hydrogens is 218 g/mol. The summed E-state index contributed by atoms with van der Waals surface area (Å²) >= 11 is 1.64. The molecule has 1 aliphatic carbocycles. The largest absolute Gasteiger partial charge is 0.387 e. The molecular formula is C13H21NOS. The molecule has 0 radical (unpaired) electrons. The third-order valence-corrected chi connectivity index (χ3v) is 4.37. The van der Waals surface area contributed by atoms with E-state index >= 15 is 0 Å². The second-order valence-corrected chi connectivity index (χ2v) is 5.59. The minimum atomic E-state index is -0.352. The lowest BCUT2D eigenvalue weighted by molar-refractivity contribution is 0.166. The molecule has 0 saturated heterocycles. The Balaban J connectivity index is 1.74. The highest BCUT2D eigenvalue weighted by molar-refractivity contribution is 7.07. The van der Waals surface area contributed by atoms with Crippen molar-refractivity contribution in [2.75, 3.05) is 6.54 Å². The van der Waals surface area contributed by atoms with Gasteiger partial charge in [0.25, 0.3) is 0 Å². The van der Waals surface area contributed by atoms with Gasteiger partial charge in [-0.25, -0.2) is 0 Å². The van der Waals surface area contributed by atoms with Gasteiger partial charge < -0.3 is 10.4 Å². The van der Waals surface area contributed by atoms with E-state index in [1.165, 1.54) is 25.7 Å². The Morgan fingerprint density at radius 2 is 2.25 bits per heavy atom. The van der Waals surface area contributed by atoms with Crippen molar-refractivity contribution in [2.45, 2.75) is 44.8 Å². The zero-order valence-electron chi connectivity index (χ0n) is 9.86. The van der Waals surface area contributed by atoms with Crippen LogP contribution in [-0.4, -0.2) is 17.7 Å². The van der Waals surface area contributed by atoms with E-state index < -0.39 is 0 Å². The summed E-state index contributed by atoms with van der Waals surface area (Å²) in [6.45, 7) is 2.92. The van der Waals surface area contributed by atoms with Crippen LogP contribution in [0.2, 0.25) is 0 Å². The Labute approximate surface area is 102 Å². The second kappa shape index (κ2) is 5.80. The summed E-state index contributed by atoms with van der Waals surface area (Å²) in [7, 11) is 0. The summed E-state index contributed by atoms with van der Waals surface area (Å²) in [5, 5.41) is 17.4. The predicted molar refractivity (Wildman–Crippen MR) is 68.7 cm³/mol. The number of thiophene rings is 1. The summed E-state index contributed by atoms with van der Waals surface area (Å²) in [4.78, 5) is 0. The fourth-order valence-corrected chi connectivity index (χ4v) is 3.21. The van der Waals surface area contributed by atoms with E-state index in [1.54, 1.807) is 11.3 Å². The van der Waals surface area contributed by atoms with Crippen molar-refractivity contribution in [2.24, 2.45) is 5.92 Å². The van der Waals surface area contributed by atoms with Crippen molar-refractivity contribution in [3.63, 3.8) is 0 Å². The Morgan fingerprint density at radius 3 is 2.88 bits per heavy atom. The molecule has 0 amide bonds. The van der Waals surface area contributed by atoms with Crippen molar-refractivity contribution in [3.8, 4) is 0 Å². The van der Waals surface area contributed by atoms with Gasteiger partial charge in [0.1, 0.15) is 0 Å². The van der Waals surface area contributed by atoms with E-state index in [2.05, 4.69) is 12.2 Å². The lowest BCUT2D eigenvalue weighted by Gasteiger charge is -2.22. The van der Waals surface area contributed by atoms with Crippen LogP contribution in [0, 0.1) is 5.92 Å². The average molecular weight is 239 g/mol. The van der Waals surface area contributed by atoms with Gasteiger partial charge in [-0.15, -0.1) is 0 Å². The van der Waals surface area contributed by atoms with Crippen molar-refractivity contribution in [1.29, 1.82) is 0 Å². The van der Waals surface area contributed by atoms with Gasteiger partial charge in [-0.1, -0.05) is 12.8 Å². The zero-order valence-corrected chi connectivity index (χ0v) is 10.7. The summed E-state index contributed by atoms with van der Waals surface area (Å²) in [5.41, 5.74) is 1.04.